The van der Waals surface area contributed by atoms with E-state index in [9.17, 15) is 10.1 Å². The first-order valence-corrected chi connectivity index (χ1v) is 14.6. The van der Waals surface area contributed by atoms with Crippen molar-refractivity contribution in [3.05, 3.63) is 23.2 Å². The van der Waals surface area contributed by atoms with Gasteiger partial charge < -0.3 is 14.6 Å². The third-order valence-electron chi connectivity index (χ3n) is 7.20. The van der Waals surface area contributed by atoms with Crippen LogP contribution in [0.3, 0.4) is 0 Å². The SMILES string of the molecule is CC(C)C=O.CN1CCN(c2c(F)c(SNC3(C)CC3)cn3c(-c4nnc(C5(C#N)CC5)s4)ncc23)CC1. The number of aldehydes is 1. The van der Waals surface area contributed by atoms with E-state index in [0.29, 0.717) is 21.4 Å². The molecule has 38 heavy (non-hydrogen) atoms. The van der Waals surface area contributed by atoms with Crippen molar-refractivity contribution in [1.82, 2.24) is 29.2 Å². The minimum atomic E-state index is -0.481. The van der Waals surface area contributed by atoms with E-state index in [1.807, 2.05) is 24.4 Å². The van der Waals surface area contributed by atoms with Gasteiger partial charge in [0.05, 0.1) is 22.7 Å². The quantitative estimate of drug-likeness (QED) is 0.337. The summed E-state index contributed by atoms with van der Waals surface area (Å²) in [5, 5.41) is 19.6. The number of hydrogen-bond acceptors (Lipinski definition) is 10. The molecule has 3 aromatic heterocycles. The number of carbonyl (C=O) groups is 1. The van der Waals surface area contributed by atoms with Crippen molar-refractivity contribution in [3.63, 3.8) is 0 Å². The number of nitriles is 1. The Morgan fingerprint density at radius 1 is 1.21 bits per heavy atom. The molecule has 3 fully saturated rings. The number of anilines is 1. The van der Waals surface area contributed by atoms with E-state index in [2.05, 4.69) is 49.7 Å². The van der Waals surface area contributed by atoms with Gasteiger partial charge in [-0.15, -0.1) is 10.2 Å². The number of piperazine rings is 1. The molecule has 0 spiro atoms. The van der Waals surface area contributed by atoms with Gasteiger partial charge in [0.1, 0.15) is 22.4 Å². The van der Waals surface area contributed by atoms with E-state index in [1.54, 1.807) is 6.20 Å². The fourth-order valence-corrected chi connectivity index (χ4v) is 6.04. The summed E-state index contributed by atoms with van der Waals surface area (Å²) in [4.78, 5) is 19.1. The number of likely N-dealkylation sites (N-methyl/N-ethyl adjacent to an activating group) is 1. The standard InChI is InChI=1S/C22H25FN8S2.C4H8O/c1-21(3-4-21)28-33-15-12-31-14(17(16(15)23)30-9-7-29(2)8-10-30)11-25-18(31)19-26-27-20(32-19)22(13-24)5-6-22;1-4(2)3-5/h11-12,28H,3-10H2,1-2H3;3-4H,1-2H3. The Balaban J connectivity index is 0.000000540. The Morgan fingerprint density at radius 3 is 2.47 bits per heavy atom. The fourth-order valence-electron chi connectivity index (χ4n) is 4.10. The zero-order chi connectivity index (χ0) is 27.1. The average Bonchev–Trinajstić information content (AvgIpc) is 3.76. The van der Waals surface area contributed by atoms with Crippen molar-refractivity contribution in [3.8, 4) is 16.9 Å². The van der Waals surface area contributed by atoms with Crippen molar-refractivity contribution in [2.45, 2.75) is 62.3 Å². The molecule has 6 rings (SSSR count). The molecule has 1 aliphatic heterocycles. The van der Waals surface area contributed by atoms with Crippen molar-refractivity contribution in [2.75, 3.05) is 38.1 Å². The van der Waals surface area contributed by atoms with E-state index in [0.717, 1.165) is 68.7 Å². The van der Waals surface area contributed by atoms with Crippen molar-refractivity contribution in [1.29, 1.82) is 5.26 Å². The van der Waals surface area contributed by atoms with E-state index in [1.165, 1.54) is 23.3 Å². The molecular weight excluding hydrogens is 523 g/mol. The third-order valence-corrected chi connectivity index (χ3v) is 9.42. The highest BCUT2D eigenvalue weighted by molar-refractivity contribution is 7.97. The molecule has 9 nitrogen and oxygen atoms in total. The number of nitrogens with zero attached hydrogens (tertiary/aromatic N) is 7. The minimum absolute atomic E-state index is 0.0713. The molecule has 0 atom stereocenters. The molecule has 1 N–H and O–H groups in total. The summed E-state index contributed by atoms with van der Waals surface area (Å²) in [5.74, 6) is 0.631. The smallest absolute Gasteiger partial charge is 0.183 e. The summed E-state index contributed by atoms with van der Waals surface area (Å²) < 4.78 is 21.3. The van der Waals surface area contributed by atoms with Crippen LogP contribution >= 0.6 is 23.3 Å². The number of fused-ring (bicyclic) bond motifs is 1. The van der Waals surface area contributed by atoms with Crippen LogP contribution in [0.4, 0.5) is 10.1 Å². The van der Waals surface area contributed by atoms with Gasteiger partial charge in [0, 0.05) is 43.8 Å². The number of aromatic nitrogens is 4. The molecule has 0 unspecified atom stereocenters. The van der Waals surface area contributed by atoms with Gasteiger partial charge in [-0.05, 0) is 51.6 Å². The number of pyridine rings is 1. The Morgan fingerprint density at radius 2 is 1.89 bits per heavy atom. The van der Waals surface area contributed by atoms with Gasteiger partial charge in [0.25, 0.3) is 0 Å². The Hall–Kier alpha value is -2.59. The average molecular weight is 557 g/mol. The summed E-state index contributed by atoms with van der Waals surface area (Å²) in [6, 6.07) is 2.38. The molecule has 12 heteroatoms. The lowest BCUT2D eigenvalue weighted by Crippen LogP contribution is -2.45. The number of halogens is 1. The first-order chi connectivity index (χ1) is 18.2. The Labute approximate surface area is 230 Å². The molecule has 3 aromatic rings. The van der Waals surface area contributed by atoms with E-state index < -0.39 is 5.41 Å². The normalized spacial score (nSPS) is 19.7. The van der Waals surface area contributed by atoms with E-state index in [4.69, 9.17) is 0 Å². The van der Waals surface area contributed by atoms with Gasteiger partial charge in [-0.2, -0.15) is 5.26 Å². The lowest BCUT2D eigenvalue weighted by molar-refractivity contribution is -0.110. The van der Waals surface area contributed by atoms with Crippen LogP contribution in [0.15, 0.2) is 17.3 Å². The summed E-state index contributed by atoms with van der Waals surface area (Å²) in [7, 11) is 2.09. The summed E-state index contributed by atoms with van der Waals surface area (Å²) in [5.41, 5.74) is 0.911. The number of rotatable bonds is 7. The van der Waals surface area contributed by atoms with Gasteiger partial charge in [0.2, 0.25) is 0 Å². The van der Waals surface area contributed by atoms with Crippen LogP contribution < -0.4 is 9.62 Å². The maximum atomic E-state index is 15.9. The van der Waals surface area contributed by atoms with Gasteiger partial charge in [-0.3, -0.25) is 9.12 Å². The molecule has 2 saturated carbocycles. The highest BCUT2D eigenvalue weighted by atomic mass is 32.2. The molecule has 0 radical (unpaired) electrons. The van der Waals surface area contributed by atoms with Crippen molar-refractivity contribution in [2.24, 2.45) is 5.92 Å². The van der Waals surface area contributed by atoms with Gasteiger partial charge in [-0.25, -0.2) is 9.37 Å². The van der Waals surface area contributed by atoms with Gasteiger partial charge in [-0.1, -0.05) is 25.2 Å². The van der Waals surface area contributed by atoms with Crippen LogP contribution in [0.2, 0.25) is 0 Å². The molecule has 0 amide bonds. The topological polar surface area (TPSA) is 102 Å². The first-order valence-electron chi connectivity index (χ1n) is 13.0. The number of carbonyl (C=O) groups excluding carboxylic acids is 1. The molecule has 1 saturated heterocycles. The summed E-state index contributed by atoms with van der Waals surface area (Å²) in [6.07, 6.45) is 8.30. The zero-order valence-electron chi connectivity index (χ0n) is 22.2. The van der Waals surface area contributed by atoms with Crippen LogP contribution in [0.5, 0.6) is 0 Å². The monoisotopic (exact) mass is 556 g/mol. The number of hydrogen-bond donors (Lipinski definition) is 1. The second-order valence-electron chi connectivity index (χ2n) is 11.0. The zero-order valence-corrected chi connectivity index (χ0v) is 23.8. The highest BCUT2D eigenvalue weighted by Crippen LogP contribution is 2.49. The summed E-state index contributed by atoms with van der Waals surface area (Å²) in [6.45, 7) is 9.16. The molecule has 202 valence electrons. The minimum Gasteiger partial charge on any atom is -0.365 e. The van der Waals surface area contributed by atoms with Crippen molar-refractivity contribution >= 4 is 40.8 Å². The lowest BCUT2D eigenvalue weighted by atomic mass is 10.1. The second-order valence-corrected chi connectivity index (χ2v) is 12.9. The van der Waals surface area contributed by atoms with Crippen LogP contribution in [-0.4, -0.2) is 69.5 Å². The predicted molar refractivity (Wildman–Crippen MR) is 148 cm³/mol. The molecule has 4 heterocycles. The van der Waals surface area contributed by atoms with E-state index in [-0.39, 0.29) is 17.3 Å². The lowest BCUT2D eigenvalue weighted by Gasteiger charge is -2.34. The Kier molecular flexibility index (Phi) is 7.48. The van der Waals surface area contributed by atoms with Crippen LogP contribution in [-0.2, 0) is 10.2 Å². The second kappa shape index (κ2) is 10.5. The first kappa shape index (κ1) is 27.0. The van der Waals surface area contributed by atoms with E-state index >= 15 is 4.39 Å². The summed E-state index contributed by atoms with van der Waals surface area (Å²) >= 11 is 2.77. The molecule has 0 bridgehead atoms. The van der Waals surface area contributed by atoms with Gasteiger partial charge in [0.15, 0.2) is 16.6 Å². The molecule has 2 aliphatic carbocycles. The van der Waals surface area contributed by atoms with Crippen molar-refractivity contribution < 1.29 is 9.18 Å². The van der Waals surface area contributed by atoms with Crippen LogP contribution in [0.1, 0.15) is 51.5 Å². The fraction of sp³-hybridized carbons (Fsp3) is 0.577. The molecular formula is C26H33FN8OS2. The molecule has 0 aromatic carbocycles. The highest BCUT2D eigenvalue weighted by Gasteiger charge is 2.48. The van der Waals surface area contributed by atoms with Crippen LogP contribution in [0.25, 0.3) is 16.3 Å². The largest absolute Gasteiger partial charge is 0.365 e. The molecule has 3 aliphatic rings. The number of nitrogens with one attached hydrogen (secondary N) is 1. The van der Waals surface area contributed by atoms with Gasteiger partial charge >= 0.3 is 0 Å². The maximum absolute atomic E-state index is 15.9. The maximum Gasteiger partial charge on any atom is 0.183 e. The third kappa shape index (κ3) is 5.43. The number of imidazole rings is 1. The Bertz CT molecular complexity index is 1360. The van der Waals surface area contributed by atoms with Crippen LogP contribution in [0, 0.1) is 23.1 Å². The predicted octanol–water partition coefficient (Wildman–Crippen LogP) is 4.29.